The Morgan fingerprint density at radius 1 is 1.41 bits per heavy atom. The molecule has 2 unspecified atom stereocenters. The number of nitrogens with one attached hydrogen (secondary N) is 1. The van der Waals surface area contributed by atoms with Crippen LogP contribution in [0.3, 0.4) is 0 Å². The van der Waals surface area contributed by atoms with Gasteiger partial charge in [-0.3, -0.25) is 0 Å². The summed E-state index contributed by atoms with van der Waals surface area (Å²) in [6.45, 7) is 5.52. The van der Waals surface area contributed by atoms with E-state index >= 15 is 0 Å². The summed E-state index contributed by atoms with van der Waals surface area (Å²) >= 11 is 0. The van der Waals surface area contributed by atoms with Crippen molar-refractivity contribution in [1.82, 2.24) is 4.90 Å². The van der Waals surface area contributed by atoms with Gasteiger partial charge in [0.2, 0.25) is 0 Å². The summed E-state index contributed by atoms with van der Waals surface area (Å²) in [5.74, 6) is 0. The summed E-state index contributed by atoms with van der Waals surface area (Å²) in [7, 11) is 2.20. The fourth-order valence-corrected chi connectivity index (χ4v) is 2.42. The summed E-state index contributed by atoms with van der Waals surface area (Å²) in [6, 6.07) is 7.44. The van der Waals surface area contributed by atoms with Crippen LogP contribution in [0, 0.1) is 6.92 Å². The average Bonchev–Trinajstić information content (AvgIpc) is 2.29. The molecule has 3 N–H and O–H groups in total. The zero-order valence-electron chi connectivity index (χ0n) is 11.0. The van der Waals surface area contributed by atoms with Gasteiger partial charge in [-0.25, -0.2) is 0 Å². The van der Waals surface area contributed by atoms with Crippen molar-refractivity contribution >= 4 is 11.4 Å². The zero-order valence-corrected chi connectivity index (χ0v) is 11.0. The first kappa shape index (κ1) is 12.2. The molecule has 2 atom stereocenters. The minimum Gasteiger partial charge on any atom is -0.399 e. The first-order chi connectivity index (χ1) is 8.06. The quantitative estimate of drug-likeness (QED) is 0.771. The first-order valence-corrected chi connectivity index (χ1v) is 6.39. The van der Waals surface area contributed by atoms with Crippen molar-refractivity contribution in [3.8, 4) is 0 Å². The van der Waals surface area contributed by atoms with Gasteiger partial charge in [-0.1, -0.05) is 0 Å². The summed E-state index contributed by atoms with van der Waals surface area (Å²) in [5.41, 5.74) is 9.04. The Kier molecular flexibility index (Phi) is 3.57. The number of likely N-dealkylation sites (tertiary alicyclic amines) is 1. The largest absolute Gasteiger partial charge is 0.399 e. The summed E-state index contributed by atoms with van der Waals surface area (Å²) in [4.78, 5) is 2.42. The molecule has 3 heteroatoms. The minimum atomic E-state index is 0.587. The van der Waals surface area contributed by atoms with Gasteiger partial charge in [0, 0.05) is 30.0 Å². The van der Waals surface area contributed by atoms with Gasteiger partial charge < -0.3 is 16.0 Å². The van der Waals surface area contributed by atoms with E-state index in [-0.39, 0.29) is 0 Å². The lowest BCUT2D eigenvalue weighted by molar-refractivity contribution is 0.190. The molecule has 0 bridgehead atoms. The molecule has 1 aromatic carbocycles. The second-order valence-electron chi connectivity index (χ2n) is 5.27. The summed E-state index contributed by atoms with van der Waals surface area (Å²) in [6.07, 6.45) is 2.42. The number of anilines is 2. The van der Waals surface area contributed by atoms with Crippen molar-refractivity contribution < 1.29 is 0 Å². The molecular weight excluding hydrogens is 210 g/mol. The second kappa shape index (κ2) is 4.96. The third-order valence-electron chi connectivity index (χ3n) is 3.85. The number of nitrogen functional groups attached to an aromatic ring is 1. The van der Waals surface area contributed by atoms with Gasteiger partial charge >= 0.3 is 0 Å². The lowest BCUT2D eigenvalue weighted by atomic mass is 9.98. The Balaban J connectivity index is 1.99. The maximum absolute atomic E-state index is 5.83. The predicted molar refractivity (Wildman–Crippen MR) is 74.3 cm³/mol. The highest BCUT2D eigenvalue weighted by atomic mass is 15.1. The Morgan fingerprint density at radius 2 is 2.18 bits per heavy atom. The van der Waals surface area contributed by atoms with E-state index in [1.165, 1.54) is 25.1 Å². The lowest BCUT2D eigenvalue weighted by Crippen LogP contribution is -2.42. The lowest BCUT2D eigenvalue weighted by Gasteiger charge is -2.35. The number of nitrogens with two attached hydrogens (primary N) is 1. The van der Waals surface area contributed by atoms with E-state index < -0.39 is 0 Å². The van der Waals surface area contributed by atoms with Gasteiger partial charge in [-0.05, 0) is 57.5 Å². The highest BCUT2D eigenvalue weighted by Gasteiger charge is 2.22. The van der Waals surface area contributed by atoms with E-state index in [1.54, 1.807) is 0 Å². The number of piperidine rings is 1. The van der Waals surface area contributed by atoms with Gasteiger partial charge in [-0.2, -0.15) is 0 Å². The fourth-order valence-electron chi connectivity index (χ4n) is 2.42. The smallest absolute Gasteiger partial charge is 0.0346 e. The maximum atomic E-state index is 5.83. The van der Waals surface area contributed by atoms with Crippen molar-refractivity contribution in [3.05, 3.63) is 23.8 Å². The molecule has 1 aliphatic rings. The van der Waals surface area contributed by atoms with Crippen LogP contribution in [-0.4, -0.2) is 30.6 Å². The Morgan fingerprint density at radius 3 is 2.82 bits per heavy atom. The standard InChI is InChI=1S/C14H23N3/c1-10-8-12(4-5-14(10)15)16-13-6-7-17(3)11(2)9-13/h4-5,8,11,13,16H,6-7,9,15H2,1-3H3. The SMILES string of the molecule is Cc1cc(NC2CCN(C)C(C)C2)ccc1N. The number of aryl methyl sites for hydroxylation is 1. The molecule has 1 saturated heterocycles. The van der Waals surface area contributed by atoms with Crippen molar-refractivity contribution in [2.45, 2.75) is 38.8 Å². The van der Waals surface area contributed by atoms with Crippen LogP contribution in [0.2, 0.25) is 0 Å². The Labute approximate surface area is 104 Å². The molecule has 94 valence electrons. The van der Waals surface area contributed by atoms with Crippen LogP contribution < -0.4 is 11.1 Å². The molecule has 2 rings (SSSR count). The number of nitrogens with zero attached hydrogens (tertiary/aromatic N) is 1. The maximum Gasteiger partial charge on any atom is 0.0346 e. The molecule has 17 heavy (non-hydrogen) atoms. The van der Waals surface area contributed by atoms with E-state index in [0.717, 1.165) is 11.3 Å². The molecule has 0 aliphatic carbocycles. The molecule has 1 heterocycles. The molecule has 0 amide bonds. The fraction of sp³-hybridized carbons (Fsp3) is 0.571. The normalized spacial score (nSPS) is 25.8. The van der Waals surface area contributed by atoms with Crippen LogP contribution in [0.15, 0.2) is 18.2 Å². The molecule has 0 radical (unpaired) electrons. The van der Waals surface area contributed by atoms with Gasteiger partial charge in [0.1, 0.15) is 0 Å². The van der Waals surface area contributed by atoms with E-state index in [0.29, 0.717) is 12.1 Å². The number of rotatable bonds is 2. The van der Waals surface area contributed by atoms with Gasteiger partial charge in [0.05, 0.1) is 0 Å². The highest BCUT2D eigenvalue weighted by molar-refractivity contribution is 5.57. The third kappa shape index (κ3) is 2.91. The topological polar surface area (TPSA) is 41.3 Å². The van der Waals surface area contributed by atoms with Crippen LogP contribution in [-0.2, 0) is 0 Å². The van der Waals surface area contributed by atoms with E-state index in [1.807, 2.05) is 6.07 Å². The van der Waals surface area contributed by atoms with Crippen molar-refractivity contribution in [2.24, 2.45) is 0 Å². The first-order valence-electron chi connectivity index (χ1n) is 6.39. The zero-order chi connectivity index (χ0) is 12.4. The van der Waals surface area contributed by atoms with Gasteiger partial charge in [0.25, 0.3) is 0 Å². The number of hydrogen-bond acceptors (Lipinski definition) is 3. The molecule has 0 aromatic heterocycles. The van der Waals surface area contributed by atoms with E-state index in [4.69, 9.17) is 5.73 Å². The van der Waals surface area contributed by atoms with Gasteiger partial charge in [-0.15, -0.1) is 0 Å². The van der Waals surface area contributed by atoms with Crippen LogP contribution in [0.5, 0.6) is 0 Å². The van der Waals surface area contributed by atoms with E-state index in [9.17, 15) is 0 Å². The average molecular weight is 233 g/mol. The molecule has 1 fully saturated rings. The molecule has 0 saturated carbocycles. The third-order valence-corrected chi connectivity index (χ3v) is 3.85. The van der Waals surface area contributed by atoms with Gasteiger partial charge in [0.15, 0.2) is 0 Å². The van der Waals surface area contributed by atoms with Crippen LogP contribution >= 0.6 is 0 Å². The summed E-state index contributed by atoms with van der Waals surface area (Å²) in [5, 5.41) is 3.62. The van der Waals surface area contributed by atoms with E-state index in [2.05, 4.69) is 43.2 Å². The van der Waals surface area contributed by atoms with Crippen molar-refractivity contribution in [3.63, 3.8) is 0 Å². The van der Waals surface area contributed by atoms with Crippen molar-refractivity contribution in [1.29, 1.82) is 0 Å². The minimum absolute atomic E-state index is 0.587. The van der Waals surface area contributed by atoms with Crippen LogP contribution in [0.4, 0.5) is 11.4 Å². The second-order valence-corrected chi connectivity index (χ2v) is 5.27. The summed E-state index contributed by atoms with van der Waals surface area (Å²) < 4.78 is 0. The van der Waals surface area contributed by atoms with Crippen LogP contribution in [0.25, 0.3) is 0 Å². The monoisotopic (exact) mass is 233 g/mol. The Hall–Kier alpha value is -1.22. The molecular formula is C14H23N3. The van der Waals surface area contributed by atoms with Crippen LogP contribution in [0.1, 0.15) is 25.3 Å². The number of hydrogen-bond donors (Lipinski definition) is 2. The molecule has 1 aromatic rings. The Bertz CT molecular complexity index is 389. The number of benzene rings is 1. The molecule has 1 aliphatic heterocycles. The molecule has 0 spiro atoms. The molecule has 3 nitrogen and oxygen atoms in total. The van der Waals surface area contributed by atoms with Crippen molar-refractivity contribution in [2.75, 3.05) is 24.6 Å². The highest BCUT2D eigenvalue weighted by Crippen LogP contribution is 2.22. The predicted octanol–water partition coefficient (Wildman–Crippen LogP) is 2.47.